The molecular formula is C22H21N3O3. The van der Waals surface area contributed by atoms with Crippen molar-refractivity contribution in [3.63, 3.8) is 0 Å². The van der Waals surface area contributed by atoms with Gasteiger partial charge in [0.05, 0.1) is 4.92 Å². The van der Waals surface area contributed by atoms with Crippen LogP contribution in [0.4, 0.5) is 5.69 Å². The van der Waals surface area contributed by atoms with Crippen LogP contribution in [0.2, 0.25) is 0 Å². The number of ketones is 1. The fourth-order valence-corrected chi connectivity index (χ4v) is 3.62. The van der Waals surface area contributed by atoms with Gasteiger partial charge in [-0.15, -0.1) is 0 Å². The third-order valence-corrected chi connectivity index (χ3v) is 5.27. The van der Waals surface area contributed by atoms with Crippen LogP contribution in [0.1, 0.15) is 27.9 Å². The molecule has 4 rings (SSSR count). The maximum Gasteiger partial charge on any atom is 0.269 e. The molecule has 0 spiro atoms. The lowest BCUT2D eigenvalue weighted by atomic mass is 9.96. The molecule has 3 aromatic rings. The Balaban J connectivity index is 1.58. The monoisotopic (exact) mass is 375 g/mol. The van der Waals surface area contributed by atoms with Crippen LogP contribution in [0.15, 0.2) is 54.7 Å². The van der Waals surface area contributed by atoms with Gasteiger partial charge in [-0.1, -0.05) is 12.1 Å². The van der Waals surface area contributed by atoms with E-state index in [1.165, 1.54) is 35.4 Å². The quantitative estimate of drug-likeness (QED) is 0.411. The standard InChI is InChI=1S/C22H21N3O3/c1-24-10-8-16(9-11-24)20-14-23-21-7-2-15(12-19(20)21)13-22(26)17-3-5-18(6-4-17)25(27)28/h2-8,12,14,23H,9-11,13H2,1H3. The lowest BCUT2D eigenvalue weighted by Gasteiger charge is -2.21. The minimum Gasteiger partial charge on any atom is -0.361 e. The van der Waals surface area contributed by atoms with Crippen molar-refractivity contribution in [1.29, 1.82) is 0 Å². The van der Waals surface area contributed by atoms with Crippen molar-refractivity contribution in [2.45, 2.75) is 12.8 Å². The number of likely N-dealkylation sites (N-methyl/N-ethyl adjacent to an activating group) is 1. The molecule has 1 aromatic heterocycles. The highest BCUT2D eigenvalue weighted by atomic mass is 16.6. The molecule has 0 fully saturated rings. The Kier molecular flexibility index (Phi) is 4.79. The van der Waals surface area contributed by atoms with Crippen molar-refractivity contribution in [3.8, 4) is 0 Å². The summed E-state index contributed by atoms with van der Waals surface area (Å²) in [5.74, 6) is -0.0511. The van der Waals surface area contributed by atoms with Gasteiger partial charge in [-0.25, -0.2) is 0 Å². The van der Waals surface area contributed by atoms with Crippen LogP contribution in [0.3, 0.4) is 0 Å². The van der Waals surface area contributed by atoms with Gasteiger partial charge in [0.1, 0.15) is 0 Å². The van der Waals surface area contributed by atoms with E-state index in [2.05, 4.69) is 29.1 Å². The number of hydrogen-bond donors (Lipinski definition) is 1. The van der Waals surface area contributed by atoms with E-state index in [4.69, 9.17) is 0 Å². The number of non-ortho nitro benzene ring substituents is 1. The molecule has 6 heteroatoms. The Hall–Kier alpha value is -3.25. The minimum atomic E-state index is -0.465. The normalized spacial score (nSPS) is 14.8. The van der Waals surface area contributed by atoms with Crippen LogP contribution in [-0.2, 0) is 6.42 Å². The van der Waals surface area contributed by atoms with Crippen molar-refractivity contribution in [2.75, 3.05) is 20.1 Å². The molecule has 0 aliphatic carbocycles. The molecular weight excluding hydrogens is 354 g/mol. The Morgan fingerprint density at radius 2 is 2.00 bits per heavy atom. The van der Waals surface area contributed by atoms with Crippen molar-refractivity contribution >= 4 is 27.9 Å². The summed E-state index contributed by atoms with van der Waals surface area (Å²) >= 11 is 0. The summed E-state index contributed by atoms with van der Waals surface area (Å²) < 4.78 is 0. The number of fused-ring (bicyclic) bond motifs is 1. The first kappa shape index (κ1) is 18.1. The lowest BCUT2D eigenvalue weighted by Crippen LogP contribution is -2.23. The zero-order valence-electron chi connectivity index (χ0n) is 15.6. The molecule has 0 radical (unpaired) electrons. The molecule has 0 saturated heterocycles. The van der Waals surface area contributed by atoms with Gasteiger partial charge < -0.3 is 9.88 Å². The maximum absolute atomic E-state index is 12.6. The molecule has 1 aliphatic heterocycles. The van der Waals surface area contributed by atoms with Crippen LogP contribution in [0, 0.1) is 10.1 Å². The molecule has 6 nitrogen and oxygen atoms in total. The molecule has 142 valence electrons. The van der Waals surface area contributed by atoms with E-state index in [-0.39, 0.29) is 17.9 Å². The van der Waals surface area contributed by atoms with Crippen LogP contribution in [-0.4, -0.2) is 40.7 Å². The fourth-order valence-electron chi connectivity index (χ4n) is 3.62. The number of nitro groups is 1. The van der Waals surface area contributed by atoms with E-state index in [1.807, 2.05) is 18.3 Å². The number of nitro benzene ring substituents is 1. The highest BCUT2D eigenvalue weighted by molar-refractivity contribution is 5.99. The fraction of sp³-hybridized carbons (Fsp3) is 0.227. The van der Waals surface area contributed by atoms with Crippen molar-refractivity contribution in [3.05, 3.63) is 81.5 Å². The molecule has 2 heterocycles. The summed E-state index contributed by atoms with van der Waals surface area (Å²) in [6.45, 7) is 1.98. The summed E-state index contributed by atoms with van der Waals surface area (Å²) in [4.78, 5) is 28.5. The Labute approximate surface area is 162 Å². The number of nitrogens with one attached hydrogen (secondary N) is 1. The number of Topliss-reactive ketones (excluding diaryl/α,β-unsaturated/α-hetero) is 1. The van der Waals surface area contributed by atoms with Gasteiger partial charge in [-0.2, -0.15) is 0 Å². The molecule has 0 bridgehead atoms. The van der Waals surface area contributed by atoms with E-state index < -0.39 is 4.92 Å². The predicted octanol–water partition coefficient (Wildman–Crippen LogP) is 4.22. The number of H-pyrrole nitrogens is 1. The summed E-state index contributed by atoms with van der Waals surface area (Å²) in [5.41, 5.74) is 5.00. The number of benzene rings is 2. The molecule has 2 aromatic carbocycles. The molecule has 1 N–H and O–H groups in total. The van der Waals surface area contributed by atoms with Crippen molar-refractivity contribution < 1.29 is 9.72 Å². The first-order valence-electron chi connectivity index (χ1n) is 9.27. The minimum absolute atomic E-state index is 0.0127. The zero-order valence-corrected chi connectivity index (χ0v) is 15.6. The number of rotatable bonds is 5. The summed E-state index contributed by atoms with van der Waals surface area (Å²) in [7, 11) is 2.12. The Morgan fingerprint density at radius 1 is 1.21 bits per heavy atom. The first-order chi connectivity index (χ1) is 13.5. The smallest absolute Gasteiger partial charge is 0.269 e. The molecule has 0 atom stereocenters. The average molecular weight is 375 g/mol. The molecule has 0 unspecified atom stereocenters. The number of carbonyl (C=O) groups is 1. The summed E-state index contributed by atoms with van der Waals surface area (Å²) in [6.07, 6.45) is 5.58. The third-order valence-electron chi connectivity index (χ3n) is 5.27. The lowest BCUT2D eigenvalue weighted by molar-refractivity contribution is -0.384. The average Bonchev–Trinajstić information content (AvgIpc) is 3.12. The van der Waals surface area contributed by atoms with Crippen LogP contribution in [0.5, 0.6) is 0 Å². The third kappa shape index (κ3) is 3.59. The number of nitrogens with zero attached hydrogens (tertiary/aromatic N) is 2. The van der Waals surface area contributed by atoms with E-state index in [0.717, 1.165) is 36.0 Å². The number of carbonyl (C=O) groups excluding carboxylic acids is 1. The van der Waals surface area contributed by atoms with Gasteiger partial charge in [0.25, 0.3) is 5.69 Å². The summed E-state index contributed by atoms with van der Waals surface area (Å²) in [6, 6.07) is 11.8. The second-order valence-corrected chi connectivity index (χ2v) is 7.23. The summed E-state index contributed by atoms with van der Waals surface area (Å²) in [5, 5.41) is 11.9. The number of hydrogen-bond acceptors (Lipinski definition) is 4. The van der Waals surface area contributed by atoms with Gasteiger partial charge in [-0.05, 0) is 48.9 Å². The van der Waals surface area contributed by atoms with Crippen molar-refractivity contribution in [2.24, 2.45) is 0 Å². The van der Waals surface area contributed by atoms with E-state index in [9.17, 15) is 14.9 Å². The van der Waals surface area contributed by atoms with Crippen LogP contribution in [0.25, 0.3) is 16.5 Å². The zero-order chi connectivity index (χ0) is 19.7. The highest BCUT2D eigenvalue weighted by Crippen LogP contribution is 2.30. The van der Waals surface area contributed by atoms with E-state index >= 15 is 0 Å². The first-order valence-corrected chi connectivity index (χ1v) is 9.27. The highest BCUT2D eigenvalue weighted by Gasteiger charge is 2.15. The van der Waals surface area contributed by atoms with E-state index in [0.29, 0.717) is 5.56 Å². The molecule has 1 aliphatic rings. The largest absolute Gasteiger partial charge is 0.361 e. The van der Waals surface area contributed by atoms with Gasteiger partial charge in [0.2, 0.25) is 0 Å². The van der Waals surface area contributed by atoms with Crippen molar-refractivity contribution in [1.82, 2.24) is 9.88 Å². The Morgan fingerprint density at radius 3 is 2.68 bits per heavy atom. The van der Waals surface area contributed by atoms with Crippen LogP contribution < -0.4 is 0 Å². The molecule has 0 saturated carbocycles. The van der Waals surface area contributed by atoms with Gasteiger partial charge in [-0.3, -0.25) is 14.9 Å². The number of aromatic nitrogens is 1. The van der Waals surface area contributed by atoms with E-state index in [1.54, 1.807) is 0 Å². The predicted molar refractivity (Wildman–Crippen MR) is 110 cm³/mol. The van der Waals surface area contributed by atoms with Gasteiger partial charge in [0, 0.05) is 59.9 Å². The SMILES string of the molecule is CN1CC=C(c2c[nH]c3ccc(CC(=O)c4ccc([N+](=O)[O-])cc4)cc23)CC1. The molecule has 0 amide bonds. The van der Waals surface area contributed by atoms with Crippen LogP contribution >= 0.6 is 0 Å². The number of aromatic amines is 1. The van der Waals surface area contributed by atoms with Gasteiger partial charge in [0.15, 0.2) is 5.78 Å². The molecule has 28 heavy (non-hydrogen) atoms. The second kappa shape index (κ2) is 7.40. The topological polar surface area (TPSA) is 79.2 Å². The Bertz CT molecular complexity index is 1080. The maximum atomic E-state index is 12.6. The second-order valence-electron chi connectivity index (χ2n) is 7.23. The van der Waals surface area contributed by atoms with Gasteiger partial charge >= 0.3 is 0 Å².